The van der Waals surface area contributed by atoms with E-state index in [0.717, 1.165) is 47.2 Å². The van der Waals surface area contributed by atoms with Crippen molar-refractivity contribution < 1.29 is 9.47 Å². The first kappa shape index (κ1) is 24.5. The fraction of sp³-hybridized carbons (Fsp3) is 0.172. The lowest BCUT2D eigenvalue weighted by Crippen LogP contribution is -2.31. The summed E-state index contributed by atoms with van der Waals surface area (Å²) in [4.78, 5) is 15.2. The zero-order valence-corrected chi connectivity index (χ0v) is 21.9. The Labute approximate surface area is 230 Å². The highest BCUT2D eigenvalue weighted by Gasteiger charge is 2.33. The van der Waals surface area contributed by atoms with Crippen molar-refractivity contribution >= 4 is 35.0 Å². The number of nitrogens with zero attached hydrogens (tertiary/aromatic N) is 6. The normalized spacial score (nSPS) is 13.9. The molecule has 1 N–H and O–H groups in total. The summed E-state index contributed by atoms with van der Waals surface area (Å²) in [5.41, 5.74) is 4.36. The highest BCUT2D eigenvalue weighted by molar-refractivity contribution is 6.30. The average molecular weight is 538 g/mol. The molecule has 1 fully saturated rings. The molecule has 3 heterocycles. The van der Waals surface area contributed by atoms with Crippen LogP contribution in [-0.2, 0) is 6.54 Å². The van der Waals surface area contributed by atoms with Gasteiger partial charge in [-0.15, -0.1) is 0 Å². The topological polar surface area (TPSA) is 101 Å². The molecule has 6 rings (SSSR count). The van der Waals surface area contributed by atoms with Crippen LogP contribution >= 0.6 is 11.6 Å². The van der Waals surface area contributed by atoms with Crippen molar-refractivity contribution in [2.45, 2.75) is 19.4 Å². The third kappa shape index (κ3) is 4.90. The third-order valence-electron chi connectivity index (χ3n) is 6.48. The molecular formula is C29H24ClN7O2. The van der Waals surface area contributed by atoms with Crippen LogP contribution < -0.4 is 19.7 Å². The molecule has 1 saturated carbocycles. The number of hydrogen-bond donors (Lipinski definition) is 1. The predicted octanol–water partition coefficient (Wildman–Crippen LogP) is 5.72. The van der Waals surface area contributed by atoms with Gasteiger partial charge in [-0.3, -0.25) is 9.47 Å². The number of rotatable bonds is 8. The molecule has 2 aromatic heterocycles. The van der Waals surface area contributed by atoms with Gasteiger partial charge in [-0.25, -0.2) is 15.0 Å². The van der Waals surface area contributed by atoms with Crippen molar-refractivity contribution in [3.8, 4) is 17.7 Å². The monoisotopic (exact) mass is 537 g/mol. The Morgan fingerprint density at radius 2 is 1.85 bits per heavy atom. The molecule has 1 aliphatic carbocycles. The fourth-order valence-electron chi connectivity index (χ4n) is 4.46. The van der Waals surface area contributed by atoms with Gasteiger partial charge in [0, 0.05) is 18.3 Å². The van der Waals surface area contributed by atoms with E-state index < -0.39 is 0 Å². The number of anilines is 2. The van der Waals surface area contributed by atoms with Crippen molar-refractivity contribution in [1.29, 1.82) is 5.26 Å². The largest absolute Gasteiger partial charge is 0.497 e. The van der Waals surface area contributed by atoms with Crippen LogP contribution in [0.3, 0.4) is 0 Å². The van der Waals surface area contributed by atoms with Crippen LogP contribution in [-0.4, -0.2) is 33.2 Å². The Bertz CT molecular complexity index is 1620. The predicted molar refractivity (Wildman–Crippen MR) is 149 cm³/mol. The minimum atomic E-state index is 0.153. The number of aromatic nitrogens is 4. The van der Waals surface area contributed by atoms with Gasteiger partial charge >= 0.3 is 0 Å². The number of imidazole rings is 1. The molecule has 39 heavy (non-hydrogen) atoms. The summed E-state index contributed by atoms with van der Waals surface area (Å²) in [6, 6.07) is 19.9. The van der Waals surface area contributed by atoms with Crippen LogP contribution in [0.15, 0.2) is 78.4 Å². The van der Waals surface area contributed by atoms with Gasteiger partial charge in [0.2, 0.25) is 5.88 Å². The first-order chi connectivity index (χ1) is 19.2. The van der Waals surface area contributed by atoms with E-state index in [1.807, 2.05) is 65.2 Å². The van der Waals surface area contributed by atoms with Gasteiger partial charge in [-0.1, -0.05) is 41.9 Å². The maximum absolute atomic E-state index is 9.96. The van der Waals surface area contributed by atoms with Crippen molar-refractivity contribution in [2.24, 2.45) is 0 Å². The Balaban J connectivity index is 1.28. The van der Waals surface area contributed by atoms with E-state index in [1.54, 1.807) is 13.3 Å². The quantitative estimate of drug-likeness (QED) is 0.304. The fourth-order valence-corrected chi connectivity index (χ4v) is 4.68. The number of ether oxygens (including phenoxy) is 2. The number of nitriles is 1. The SMILES string of the molecule is COc1ccc(CNc2ncnc(OCC3=Cc4ncc(Cl)n4C(=C4CC4)N3c3ccccc3)c2C#N)cc1. The number of benzene rings is 2. The minimum Gasteiger partial charge on any atom is -0.497 e. The lowest BCUT2D eigenvalue weighted by molar-refractivity contribution is 0.335. The zero-order chi connectivity index (χ0) is 26.8. The molecule has 0 bridgehead atoms. The molecule has 4 aromatic rings. The first-order valence-corrected chi connectivity index (χ1v) is 12.8. The molecule has 0 radical (unpaired) electrons. The molecule has 1 aliphatic heterocycles. The van der Waals surface area contributed by atoms with Crippen LogP contribution in [0.5, 0.6) is 11.6 Å². The van der Waals surface area contributed by atoms with Gasteiger partial charge < -0.3 is 14.8 Å². The first-order valence-electron chi connectivity index (χ1n) is 12.4. The van der Waals surface area contributed by atoms with Crippen LogP contribution in [0.1, 0.15) is 29.8 Å². The molecule has 2 aromatic carbocycles. The van der Waals surface area contributed by atoms with Gasteiger partial charge in [0.1, 0.15) is 41.6 Å². The van der Waals surface area contributed by atoms with Crippen LogP contribution in [0.4, 0.5) is 11.5 Å². The molecule has 2 aliphatic rings. The number of allylic oxidation sites excluding steroid dienone is 1. The Morgan fingerprint density at radius 1 is 1.05 bits per heavy atom. The number of hydrogen-bond acceptors (Lipinski definition) is 8. The van der Waals surface area contributed by atoms with E-state index in [4.69, 9.17) is 21.1 Å². The summed E-state index contributed by atoms with van der Waals surface area (Å²) >= 11 is 6.56. The summed E-state index contributed by atoms with van der Waals surface area (Å²) in [7, 11) is 1.63. The van der Waals surface area contributed by atoms with E-state index in [9.17, 15) is 5.26 Å². The Morgan fingerprint density at radius 3 is 2.56 bits per heavy atom. The summed E-state index contributed by atoms with van der Waals surface area (Å²) < 4.78 is 13.4. The molecule has 0 spiro atoms. The Kier molecular flexibility index (Phi) is 6.61. The molecule has 10 heteroatoms. The van der Waals surface area contributed by atoms with Gasteiger partial charge in [-0.2, -0.15) is 5.26 Å². The van der Waals surface area contributed by atoms with Gasteiger partial charge in [0.25, 0.3) is 0 Å². The number of methoxy groups -OCH3 is 1. The van der Waals surface area contributed by atoms with Crippen molar-refractivity contribution in [3.63, 3.8) is 0 Å². The lowest BCUT2D eigenvalue weighted by Gasteiger charge is -2.34. The highest BCUT2D eigenvalue weighted by atomic mass is 35.5. The number of nitrogens with one attached hydrogen (secondary N) is 1. The number of halogens is 1. The number of para-hydroxylation sites is 1. The molecular weight excluding hydrogens is 514 g/mol. The van der Waals surface area contributed by atoms with E-state index in [2.05, 4.69) is 31.2 Å². The van der Waals surface area contributed by atoms with E-state index in [1.165, 1.54) is 11.9 Å². The second kappa shape index (κ2) is 10.5. The van der Waals surface area contributed by atoms with Crippen molar-refractivity contribution in [2.75, 3.05) is 23.9 Å². The molecule has 9 nitrogen and oxygen atoms in total. The summed E-state index contributed by atoms with van der Waals surface area (Å²) in [6.07, 6.45) is 6.98. The third-order valence-corrected chi connectivity index (χ3v) is 6.75. The number of fused-ring (bicyclic) bond motifs is 1. The standard InChI is InChI=1S/C29H24ClN7O2/c1-38-23-11-7-19(8-12-23)15-33-27-24(14-31)28(35-18-34-27)39-17-22-13-26-32-16-25(30)37(26)29(20-9-10-20)36(22)21-5-3-2-4-6-21/h2-8,11-13,16,18H,9-10,15,17H2,1H3,(H,33,34,35). The van der Waals surface area contributed by atoms with Gasteiger partial charge in [-0.05, 0) is 48.2 Å². The summed E-state index contributed by atoms with van der Waals surface area (Å²) in [5.74, 6) is 3.08. The molecule has 194 valence electrons. The zero-order valence-electron chi connectivity index (χ0n) is 21.1. The second-order valence-electron chi connectivity index (χ2n) is 9.01. The van der Waals surface area contributed by atoms with Gasteiger partial charge in [0.15, 0.2) is 11.4 Å². The average Bonchev–Trinajstić information content (AvgIpc) is 3.77. The summed E-state index contributed by atoms with van der Waals surface area (Å²) in [6.45, 7) is 0.627. The molecule has 0 amide bonds. The second-order valence-corrected chi connectivity index (χ2v) is 9.40. The van der Waals surface area contributed by atoms with Crippen molar-refractivity contribution in [3.05, 3.63) is 100 Å². The van der Waals surface area contributed by atoms with E-state index in [0.29, 0.717) is 17.5 Å². The minimum absolute atomic E-state index is 0.153. The summed E-state index contributed by atoms with van der Waals surface area (Å²) in [5, 5.41) is 13.7. The van der Waals surface area contributed by atoms with E-state index in [-0.39, 0.29) is 18.1 Å². The molecule has 0 unspecified atom stereocenters. The van der Waals surface area contributed by atoms with Crippen molar-refractivity contribution in [1.82, 2.24) is 19.5 Å². The van der Waals surface area contributed by atoms with Crippen LogP contribution in [0.25, 0.3) is 11.9 Å². The molecule has 0 saturated heterocycles. The maximum Gasteiger partial charge on any atom is 0.237 e. The smallest absolute Gasteiger partial charge is 0.237 e. The lowest BCUT2D eigenvalue weighted by atomic mass is 10.2. The Hall–Kier alpha value is -4.81. The van der Waals surface area contributed by atoms with Crippen LogP contribution in [0, 0.1) is 11.3 Å². The highest BCUT2D eigenvalue weighted by Crippen LogP contribution is 2.43. The van der Waals surface area contributed by atoms with Gasteiger partial charge in [0.05, 0.1) is 19.0 Å². The molecule has 0 atom stereocenters. The van der Waals surface area contributed by atoms with Crippen LogP contribution in [0.2, 0.25) is 5.15 Å². The van der Waals surface area contributed by atoms with E-state index >= 15 is 0 Å². The maximum atomic E-state index is 9.96.